The van der Waals surface area contributed by atoms with Crippen molar-refractivity contribution >= 4 is 34.0 Å². The number of hydrogen-bond donors (Lipinski definition) is 2. The van der Waals surface area contributed by atoms with Gasteiger partial charge < -0.3 is 5.11 Å². The lowest BCUT2D eigenvalue weighted by Gasteiger charge is -2.08. The van der Waals surface area contributed by atoms with Crippen LogP contribution in [0.15, 0.2) is 65.8 Å². The predicted octanol–water partition coefficient (Wildman–Crippen LogP) is 4.74. The van der Waals surface area contributed by atoms with Crippen LogP contribution in [0.25, 0.3) is 10.8 Å². The van der Waals surface area contributed by atoms with Gasteiger partial charge in [-0.25, -0.2) is 5.43 Å². The molecule has 0 fully saturated rings. The van der Waals surface area contributed by atoms with Crippen LogP contribution in [0.2, 0.25) is 5.02 Å². The topological polar surface area (TPSA) is 61.7 Å². The molecule has 126 valence electrons. The number of rotatable bonds is 4. The van der Waals surface area contributed by atoms with Crippen molar-refractivity contribution in [3.05, 3.63) is 76.8 Å². The van der Waals surface area contributed by atoms with Crippen molar-refractivity contribution in [2.75, 3.05) is 0 Å². The Morgan fingerprint density at radius 1 is 1.08 bits per heavy atom. The molecule has 3 rings (SSSR count). The molecular weight excluding hydrogens is 336 g/mol. The maximum Gasteiger partial charge on any atom is 0.275 e. The van der Waals surface area contributed by atoms with Crippen molar-refractivity contribution in [2.45, 2.75) is 13.3 Å². The number of phenols is 1. The van der Waals surface area contributed by atoms with E-state index in [1.165, 1.54) is 0 Å². The molecule has 0 radical (unpaired) electrons. The van der Waals surface area contributed by atoms with E-state index in [1.54, 1.807) is 24.3 Å². The summed E-state index contributed by atoms with van der Waals surface area (Å²) >= 11 is 6.01. The van der Waals surface area contributed by atoms with E-state index in [-0.39, 0.29) is 11.3 Å². The second kappa shape index (κ2) is 7.36. The van der Waals surface area contributed by atoms with E-state index in [0.29, 0.717) is 17.2 Å². The van der Waals surface area contributed by atoms with Crippen LogP contribution >= 0.6 is 11.6 Å². The number of hydrogen-bond acceptors (Lipinski definition) is 3. The van der Waals surface area contributed by atoms with Gasteiger partial charge in [-0.3, -0.25) is 4.79 Å². The maximum absolute atomic E-state index is 12.4. The van der Waals surface area contributed by atoms with Crippen molar-refractivity contribution in [2.24, 2.45) is 5.10 Å². The molecule has 4 nitrogen and oxygen atoms in total. The van der Waals surface area contributed by atoms with Crippen LogP contribution in [-0.4, -0.2) is 16.7 Å². The fourth-order valence-electron chi connectivity index (χ4n) is 2.60. The molecule has 3 aromatic rings. The monoisotopic (exact) mass is 352 g/mol. The Labute approximate surface area is 150 Å². The molecule has 0 aliphatic rings. The molecular formula is C20H17ClN2O2. The Kier molecular flexibility index (Phi) is 5.00. The number of hydrazone groups is 1. The first-order chi connectivity index (χ1) is 12.1. The zero-order chi connectivity index (χ0) is 17.8. The summed E-state index contributed by atoms with van der Waals surface area (Å²) in [5, 5.41) is 16.7. The van der Waals surface area contributed by atoms with Gasteiger partial charge in [-0.2, -0.15) is 5.10 Å². The van der Waals surface area contributed by atoms with Crippen LogP contribution in [0.5, 0.6) is 5.75 Å². The van der Waals surface area contributed by atoms with Crippen LogP contribution < -0.4 is 5.43 Å². The number of nitrogens with zero attached hydrogens (tertiary/aromatic N) is 1. The Morgan fingerprint density at radius 2 is 1.80 bits per heavy atom. The van der Waals surface area contributed by atoms with Crippen LogP contribution in [0.3, 0.4) is 0 Å². The Balaban J connectivity index is 1.87. The molecule has 0 aliphatic carbocycles. The van der Waals surface area contributed by atoms with E-state index in [1.807, 2.05) is 43.3 Å². The summed E-state index contributed by atoms with van der Waals surface area (Å²) in [5.41, 5.74) is 4.25. The number of fused-ring (bicyclic) bond motifs is 1. The van der Waals surface area contributed by atoms with E-state index >= 15 is 0 Å². The average Bonchev–Trinajstić information content (AvgIpc) is 2.61. The maximum atomic E-state index is 12.4. The van der Waals surface area contributed by atoms with E-state index in [2.05, 4.69) is 10.5 Å². The third-order valence-corrected chi connectivity index (χ3v) is 4.13. The first-order valence-corrected chi connectivity index (χ1v) is 8.31. The van der Waals surface area contributed by atoms with Gasteiger partial charge in [0.25, 0.3) is 5.91 Å². The van der Waals surface area contributed by atoms with E-state index in [0.717, 1.165) is 16.3 Å². The Hall–Kier alpha value is -2.85. The number of carbonyl (C=O) groups is 1. The molecule has 2 N–H and O–H groups in total. The fourth-order valence-corrected chi connectivity index (χ4v) is 2.79. The molecule has 25 heavy (non-hydrogen) atoms. The minimum Gasteiger partial charge on any atom is -0.507 e. The summed E-state index contributed by atoms with van der Waals surface area (Å²) in [7, 11) is 0. The van der Waals surface area contributed by atoms with Gasteiger partial charge >= 0.3 is 0 Å². The minimum atomic E-state index is -0.462. The molecule has 0 atom stereocenters. The SMILES string of the molecule is CC/C(=N/NC(=O)c1cc2ccccc2cc1O)c1cccc(Cl)c1. The summed E-state index contributed by atoms with van der Waals surface area (Å²) in [6.07, 6.45) is 0.629. The minimum absolute atomic E-state index is 0.0767. The van der Waals surface area contributed by atoms with Crippen molar-refractivity contribution in [3.8, 4) is 5.75 Å². The number of nitrogens with one attached hydrogen (secondary N) is 1. The van der Waals surface area contributed by atoms with Gasteiger partial charge in [-0.1, -0.05) is 54.9 Å². The van der Waals surface area contributed by atoms with Crippen LogP contribution in [0, 0.1) is 0 Å². The average molecular weight is 353 g/mol. The van der Waals surface area contributed by atoms with Crippen molar-refractivity contribution in [1.82, 2.24) is 5.43 Å². The molecule has 0 aromatic heterocycles. The van der Waals surface area contributed by atoms with Crippen LogP contribution in [0.1, 0.15) is 29.3 Å². The third-order valence-electron chi connectivity index (χ3n) is 3.89. The summed E-state index contributed by atoms with van der Waals surface area (Å²) in [6.45, 7) is 1.94. The van der Waals surface area contributed by atoms with Crippen molar-refractivity contribution < 1.29 is 9.90 Å². The smallest absolute Gasteiger partial charge is 0.275 e. The molecule has 0 bridgehead atoms. The Bertz CT molecular complexity index is 967. The second-order valence-electron chi connectivity index (χ2n) is 5.58. The number of aromatic hydroxyl groups is 1. The van der Waals surface area contributed by atoms with Crippen molar-refractivity contribution in [3.63, 3.8) is 0 Å². The number of phenolic OH excluding ortho intramolecular Hbond substituents is 1. The van der Waals surface area contributed by atoms with Crippen LogP contribution in [0.4, 0.5) is 0 Å². The first kappa shape index (κ1) is 17.0. The highest BCUT2D eigenvalue weighted by molar-refractivity contribution is 6.31. The van der Waals surface area contributed by atoms with Gasteiger partial charge in [-0.15, -0.1) is 0 Å². The Morgan fingerprint density at radius 3 is 2.48 bits per heavy atom. The molecule has 0 saturated carbocycles. The largest absolute Gasteiger partial charge is 0.507 e. The zero-order valence-electron chi connectivity index (χ0n) is 13.7. The molecule has 0 saturated heterocycles. The summed E-state index contributed by atoms with van der Waals surface area (Å²) < 4.78 is 0. The number of benzene rings is 3. The van der Waals surface area contributed by atoms with E-state index in [9.17, 15) is 9.90 Å². The summed E-state index contributed by atoms with van der Waals surface area (Å²) in [6, 6.07) is 18.0. The lowest BCUT2D eigenvalue weighted by atomic mass is 10.1. The van der Waals surface area contributed by atoms with Gasteiger partial charge in [0.2, 0.25) is 0 Å². The zero-order valence-corrected chi connectivity index (χ0v) is 14.4. The van der Waals surface area contributed by atoms with Crippen molar-refractivity contribution in [1.29, 1.82) is 0 Å². The summed E-state index contributed by atoms with van der Waals surface area (Å²) in [4.78, 5) is 12.4. The molecule has 0 spiro atoms. The first-order valence-electron chi connectivity index (χ1n) is 7.93. The second-order valence-corrected chi connectivity index (χ2v) is 6.02. The predicted molar refractivity (Wildman–Crippen MR) is 101 cm³/mol. The van der Waals surface area contributed by atoms with E-state index < -0.39 is 5.91 Å². The molecule has 1 amide bonds. The standard InChI is InChI=1S/C20H17ClN2O2/c1-2-18(15-8-5-9-16(21)10-15)22-23-20(25)17-11-13-6-3-4-7-14(13)12-19(17)24/h3-12,24H,2H2,1H3,(H,23,25)/b22-18-. The highest BCUT2D eigenvalue weighted by Gasteiger charge is 2.12. The van der Waals surface area contributed by atoms with E-state index in [4.69, 9.17) is 11.6 Å². The van der Waals surface area contributed by atoms with Gasteiger partial charge in [-0.05, 0) is 47.0 Å². The quantitative estimate of drug-likeness (QED) is 0.526. The van der Waals surface area contributed by atoms with Gasteiger partial charge in [0.05, 0.1) is 11.3 Å². The number of carbonyl (C=O) groups excluding carboxylic acids is 1. The summed E-state index contributed by atoms with van der Waals surface area (Å²) in [5.74, 6) is -0.538. The third kappa shape index (κ3) is 3.80. The molecule has 0 unspecified atom stereocenters. The highest BCUT2D eigenvalue weighted by Crippen LogP contribution is 2.25. The molecule has 3 aromatic carbocycles. The molecule has 0 aliphatic heterocycles. The highest BCUT2D eigenvalue weighted by atomic mass is 35.5. The lowest BCUT2D eigenvalue weighted by molar-refractivity contribution is 0.0952. The van der Waals surface area contributed by atoms with Gasteiger partial charge in [0, 0.05) is 5.02 Å². The molecule has 5 heteroatoms. The van der Waals surface area contributed by atoms with Gasteiger partial charge in [0.1, 0.15) is 5.75 Å². The van der Waals surface area contributed by atoms with Gasteiger partial charge in [0.15, 0.2) is 0 Å². The normalized spacial score (nSPS) is 11.5. The molecule has 0 heterocycles. The lowest BCUT2D eigenvalue weighted by Crippen LogP contribution is -2.20. The number of amides is 1. The fraction of sp³-hybridized carbons (Fsp3) is 0.100. The van der Waals surface area contributed by atoms with Crippen LogP contribution in [-0.2, 0) is 0 Å². The number of halogens is 1.